The first-order valence-corrected chi connectivity index (χ1v) is 2.13. The molecule has 0 fully saturated rings. The van der Waals surface area contributed by atoms with E-state index in [2.05, 4.69) is 10.5 Å². The highest BCUT2D eigenvalue weighted by atomic mass is 16.4. The minimum absolute atomic E-state index is 0.0625. The molecule has 0 unspecified atom stereocenters. The van der Waals surface area contributed by atoms with E-state index in [9.17, 15) is 4.79 Å². The predicted molar refractivity (Wildman–Crippen MR) is 29.0 cm³/mol. The summed E-state index contributed by atoms with van der Waals surface area (Å²) in [5.74, 6) is -0.368. The van der Waals surface area contributed by atoms with E-state index in [4.69, 9.17) is 5.21 Å². The van der Waals surface area contributed by atoms with Crippen LogP contribution in [-0.4, -0.2) is 23.9 Å². The Labute approximate surface area is 47.2 Å². The van der Waals surface area contributed by atoms with Crippen LogP contribution in [0.3, 0.4) is 0 Å². The number of amides is 1. The highest BCUT2D eigenvalue weighted by Gasteiger charge is 1.99. The van der Waals surface area contributed by atoms with Crippen LogP contribution in [0.2, 0.25) is 0 Å². The Morgan fingerprint density at radius 3 is 2.38 bits per heavy atom. The molecule has 0 radical (unpaired) electrons. The van der Waals surface area contributed by atoms with E-state index in [1.54, 1.807) is 0 Å². The molecule has 0 aliphatic heterocycles. The molecular weight excluding hydrogens is 108 g/mol. The van der Waals surface area contributed by atoms with Gasteiger partial charge in [0.2, 0.25) is 0 Å². The minimum atomic E-state index is -0.368. The van der Waals surface area contributed by atoms with Gasteiger partial charge in [0.1, 0.15) is 5.71 Å². The zero-order valence-corrected chi connectivity index (χ0v) is 4.80. The van der Waals surface area contributed by atoms with Gasteiger partial charge < -0.3 is 10.5 Å². The van der Waals surface area contributed by atoms with E-state index in [0.717, 1.165) is 0 Å². The van der Waals surface area contributed by atoms with Crippen molar-refractivity contribution >= 4 is 11.6 Å². The maximum atomic E-state index is 10.3. The first kappa shape index (κ1) is 6.94. The zero-order valence-electron chi connectivity index (χ0n) is 4.80. The molecule has 46 valence electrons. The Morgan fingerprint density at radius 2 is 2.25 bits per heavy atom. The van der Waals surface area contributed by atoms with Crippen LogP contribution in [0.5, 0.6) is 0 Å². The van der Waals surface area contributed by atoms with Gasteiger partial charge in [0, 0.05) is 7.05 Å². The number of carbonyl (C=O) groups is 1. The molecule has 0 aromatic heterocycles. The third-order valence-corrected chi connectivity index (χ3v) is 0.706. The number of nitrogens with one attached hydrogen (secondary N) is 1. The number of nitrogens with zero attached hydrogens (tertiary/aromatic N) is 1. The Bertz CT molecular complexity index is 119. The summed E-state index contributed by atoms with van der Waals surface area (Å²) in [5.41, 5.74) is 0.0625. The lowest BCUT2D eigenvalue weighted by atomic mass is 10.4. The molecule has 0 heterocycles. The van der Waals surface area contributed by atoms with Crippen LogP contribution in [0, 0.1) is 0 Å². The fourth-order valence-corrected chi connectivity index (χ4v) is 0.226. The maximum Gasteiger partial charge on any atom is 0.268 e. The fourth-order valence-electron chi connectivity index (χ4n) is 0.226. The van der Waals surface area contributed by atoms with E-state index in [-0.39, 0.29) is 11.6 Å². The Hall–Kier alpha value is -1.06. The van der Waals surface area contributed by atoms with E-state index in [1.807, 2.05) is 0 Å². The lowest BCUT2D eigenvalue weighted by Gasteiger charge is -1.91. The summed E-state index contributed by atoms with van der Waals surface area (Å²) in [6.45, 7) is 1.42. The van der Waals surface area contributed by atoms with Gasteiger partial charge in [-0.15, -0.1) is 0 Å². The lowest BCUT2D eigenvalue weighted by Crippen LogP contribution is -2.25. The Kier molecular flexibility index (Phi) is 2.61. The van der Waals surface area contributed by atoms with Crippen molar-refractivity contribution in [2.24, 2.45) is 5.16 Å². The highest BCUT2D eigenvalue weighted by molar-refractivity contribution is 6.37. The molecule has 0 atom stereocenters. The van der Waals surface area contributed by atoms with Crippen molar-refractivity contribution in [3.63, 3.8) is 0 Å². The molecule has 0 aromatic carbocycles. The van der Waals surface area contributed by atoms with Crippen LogP contribution < -0.4 is 5.32 Å². The average Bonchev–Trinajstić information content (AvgIpc) is 1.84. The monoisotopic (exact) mass is 116 g/mol. The molecule has 0 aromatic rings. The summed E-state index contributed by atoms with van der Waals surface area (Å²) < 4.78 is 0. The SMILES string of the molecule is CNC(=O)/C(C)=N/O. The molecule has 4 nitrogen and oxygen atoms in total. The van der Waals surface area contributed by atoms with Gasteiger partial charge in [0.25, 0.3) is 5.91 Å². The second kappa shape index (κ2) is 3.01. The average molecular weight is 116 g/mol. The summed E-state index contributed by atoms with van der Waals surface area (Å²) >= 11 is 0. The number of carbonyl (C=O) groups excluding carboxylic acids is 1. The second-order valence-electron chi connectivity index (χ2n) is 1.26. The smallest absolute Gasteiger partial charge is 0.268 e. The molecule has 8 heavy (non-hydrogen) atoms. The highest BCUT2D eigenvalue weighted by Crippen LogP contribution is 1.71. The zero-order chi connectivity index (χ0) is 6.57. The first-order valence-electron chi connectivity index (χ1n) is 2.13. The largest absolute Gasteiger partial charge is 0.410 e. The van der Waals surface area contributed by atoms with Crippen LogP contribution in [0.25, 0.3) is 0 Å². The third kappa shape index (κ3) is 1.59. The summed E-state index contributed by atoms with van der Waals surface area (Å²) in [5, 5.41) is 12.9. The van der Waals surface area contributed by atoms with Crippen molar-refractivity contribution < 1.29 is 10.0 Å². The van der Waals surface area contributed by atoms with Crippen molar-refractivity contribution in [1.82, 2.24) is 5.32 Å². The number of oxime groups is 1. The van der Waals surface area contributed by atoms with Crippen LogP contribution >= 0.6 is 0 Å². The topological polar surface area (TPSA) is 61.7 Å². The number of rotatable bonds is 1. The lowest BCUT2D eigenvalue weighted by molar-refractivity contribution is -0.114. The maximum absolute atomic E-state index is 10.3. The Morgan fingerprint density at radius 1 is 1.75 bits per heavy atom. The molecule has 0 bridgehead atoms. The molecule has 0 rings (SSSR count). The van der Waals surface area contributed by atoms with Gasteiger partial charge in [0.05, 0.1) is 0 Å². The van der Waals surface area contributed by atoms with E-state index < -0.39 is 0 Å². The van der Waals surface area contributed by atoms with Crippen LogP contribution in [0.15, 0.2) is 5.16 Å². The molecular formula is C4H8N2O2. The van der Waals surface area contributed by atoms with Crippen molar-refractivity contribution in [1.29, 1.82) is 0 Å². The molecule has 4 heteroatoms. The van der Waals surface area contributed by atoms with Crippen molar-refractivity contribution in [3.8, 4) is 0 Å². The van der Waals surface area contributed by atoms with Gasteiger partial charge in [-0.2, -0.15) is 0 Å². The van der Waals surface area contributed by atoms with Gasteiger partial charge in [-0.1, -0.05) is 5.16 Å². The molecule has 0 aliphatic rings. The normalized spacial score (nSPS) is 11.0. The minimum Gasteiger partial charge on any atom is -0.410 e. The van der Waals surface area contributed by atoms with E-state index in [0.29, 0.717) is 0 Å². The van der Waals surface area contributed by atoms with Crippen LogP contribution in [-0.2, 0) is 4.79 Å². The summed E-state index contributed by atoms with van der Waals surface area (Å²) in [6.07, 6.45) is 0. The van der Waals surface area contributed by atoms with Crippen molar-refractivity contribution in [2.75, 3.05) is 7.05 Å². The first-order chi connectivity index (χ1) is 3.72. The molecule has 0 aliphatic carbocycles. The predicted octanol–water partition coefficient (Wildman–Crippen LogP) is -0.418. The Balaban J connectivity index is 3.83. The van der Waals surface area contributed by atoms with Crippen LogP contribution in [0.1, 0.15) is 6.92 Å². The van der Waals surface area contributed by atoms with Gasteiger partial charge in [-0.3, -0.25) is 4.79 Å². The number of hydrogen-bond donors (Lipinski definition) is 2. The van der Waals surface area contributed by atoms with Gasteiger partial charge in [0.15, 0.2) is 0 Å². The quantitative estimate of drug-likeness (QED) is 0.278. The molecule has 0 saturated carbocycles. The standard InChI is InChI=1S/C4H8N2O2/c1-3(6-8)4(7)5-2/h8H,1-2H3,(H,5,7)/b6-3+. The summed E-state index contributed by atoms with van der Waals surface area (Å²) in [4.78, 5) is 10.3. The summed E-state index contributed by atoms with van der Waals surface area (Å²) in [6, 6.07) is 0. The fraction of sp³-hybridized carbons (Fsp3) is 0.500. The molecule has 0 spiro atoms. The van der Waals surface area contributed by atoms with Crippen molar-refractivity contribution in [2.45, 2.75) is 6.92 Å². The molecule has 0 saturated heterocycles. The number of hydrogen-bond acceptors (Lipinski definition) is 3. The van der Waals surface area contributed by atoms with E-state index in [1.165, 1.54) is 14.0 Å². The molecule has 1 amide bonds. The summed E-state index contributed by atoms with van der Waals surface area (Å²) in [7, 11) is 1.47. The van der Waals surface area contributed by atoms with Gasteiger partial charge >= 0.3 is 0 Å². The second-order valence-corrected chi connectivity index (χ2v) is 1.26. The third-order valence-electron chi connectivity index (χ3n) is 0.706. The van der Waals surface area contributed by atoms with Crippen LogP contribution in [0.4, 0.5) is 0 Å². The van der Waals surface area contributed by atoms with Gasteiger partial charge in [-0.05, 0) is 6.92 Å². The van der Waals surface area contributed by atoms with Crippen molar-refractivity contribution in [3.05, 3.63) is 0 Å². The van der Waals surface area contributed by atoms with E-state index >= 15 is 0 Å². The van der Waals surface area contributed by atoms with Gasteiger partial charge in [-0.25, -0.2) is 0 Å². The molecule has 2 N–H and O–H groups in total.